The Kier molecular flexibility index (Phi) is 6.97. The first-order valence-corrected chi connectivity index (χ1v) is 10.6. The molecule has 3 aromatic rings. The van der Waals surface area contributed by atoms with Crippen molar-refractivity contribution in [3.05, 3.63) is 90.6 Å². The van der Waals surface area contributed by atoms with E-state index < -0.39 is 0 Å². The summed E-state index contributed by atoms with van der Waals surface area (Å²) in [4.78, 5) is 38.2. The van der Waals surface area contributed by atoms with Crippen LogP contribution in [0.1, 0.15) is 35.3 Å². The predicted molar refractivity (Wildman–Crippen MR) is 121 cm³/mol. The lowest BCUT2D eigenvalue weighted by Crippen LogP contribution is -2.40. The molecule has 0 spiro atoms. The van der Waals surface area contributed by atoms with Crippen LogP contribution in [0.15, 0.2) is 53.3 Å². The molecule has 31 heavy (non-hydrogen) atoms. The highest BCUT2D eigenvalue weighted by Gasteiger charge is 2.13. The Balaban J connectivity index is 2.13. The molecule has 3 rings (SSSR count). The van der Waals surface area contributed by atoms with Gasteiger partial charge in [0.15, 0.2) is 5.78 Å². The van der Waals surface area contributed by atoms with Crippen LogP contribution in [0.3, 0.4) is 0 Å². The van der Waals surface area contributed by atoms with Crippen LogP contribution < -0.4 is 20.1 Å². The highest BCUT2D eigenvalue weighted by atomic mass is 32.1. The number of carbonyl (C=O) groups excluding carboxylic acids is 2. The lowest BCUT2D eigenvalue weighted by molar-refractivity contribution is -0.122. The topological polar surface area (TPSA) is 68.2 Å². The third-order valence-electron chi connectivity index (χ3n) is 4.52. The molecule has 0 unspecified atom stereocenters. The number of aromatic nitrogens is 1. The van der Waals surface area contributed by atoms with Crippen molar-refractivity contribution in [2.24, 2.45) is 0 Å². The molecule has 0 aliphatic carbocycles. The smallest absolute Gasteiger partial charge is 0.269 e. The molecule has 0 saturated heterocycles. The maximum Gasteiger partial charge on any atom is 0.269 e. The van der Waals surface area contributed by atoms with Gasteiger partial charge < -0.3 is 5.32 Å². The molecular formula is C24H23FN2O3S. The molecule has 0 radical (unpaired) electrons. The van der Waals surface area contributed by atoms with E-state index in [1.165, 1.54) is 22.8 Å². The van der Waals surface area contributed by atoms with Gasteiger partial charge in [-0.2, -0.15) is 0 Å². The lowest BCUT2D eigenvalue weighted by Gasteiger charge is -2.08. The third-order valence-corrected chi connectivity index (χ3v) is 5.58. The number of hydrogen-bond donors (Lipinski definition) is 1. The zero-order chi connectivity index (χ0) is 22.5. The van der Waals surface area contributed by atoms with Crippen molar-refractivity contribution in [3.63, 3.8) is 0 Å². The normalized spacial score (nSPS) is 12.4. The molecular weight excluding hydrogens is 415 g/mol. The minimum Gasteiger partial charge on any atom is -0.352 e. The van der Waals surface area contributed by atoms with Gasteiger partial charge in [-0.05, 0) is 50.1 Å². The summed E-state index contributed by atoms with van der Waals surface area (Å²) in [6.45, 7) is 5.30. The zero-order valence-electron chi connectivity index (χ0n) is 17.5. The number of hydrogen-bond acceptors (Lipinski definition) is 4. The number of nitrogens with one attached hydrogen (secondary N) is 1. The lowest BCUT2D eigenvalue weighted by atomic mass is 10.1. The molecule has 1 heterocycles. The van der Waals surface area contributed by atoms with Crippen molar-refractivity contribution >= 4 is 35.2 Å². The fourth-order valence-corrected chi connectivity index (χ4v) is 4.10. The van der Waals surface area contributed by atoms with Crippen LogP contribution in [0.25, 0.3) is 12.2 Å². The van der Waals surface area contributed by atoms with Crippen molar-refractivity contribution in [1.82, 2.24) is 9.88 Å². The van der Waals surface area contributed by atoms with Crippen LogP contribution in [0.5, 0.6) is 0 Å². The maximum absolute atomic E-state index is 13.2. The second kappa shape index (κ2) is 9.66. The Morgan fingerprint density at radius 2 is 1.81 bits per heavy atom. The summed E-state index contributed by atoms with van der Waals surface area (Å²) in [5.41, 5.74) is 1.63. The summed E-state index contributed by atoms with van der Waals surface area (Å²) in [5.74, 6) is -0.934. The van der Waals surface area contributed by atoms with Crippen LogP contribution in [0, 0.1) is 12.7 Å². The van der Waals surface area contributed by atoms with Gasteiger partial charge in [-0.25, -0.2) is 4.39 Å². The molecule has 0 aliphatic rings. The number of carbonyl (C=O) groups is 2. The summed E-state index contributed by atoms with van der Waals surface area (Å²) in [5, 5.41) is 2.76. The van der Waals surface area contributed by atoms with Crippen molar-refractivity contribution < 1.29 is 14.0 Å². The van der Waals surface area contributed by atoms with Gasteiger partial charge >= 0.3 is 0 Å². The quantitative estimate of drug-likeness (QED) is 0.601. The van der Waals surface area contributed by atoms with Gasteiger partial charge in [-0.1, -0.05) is 36.4 Å². The number of Topliss-reactive ketones (excluding diaryl/α,β-unsaturated/α-hetero) is 1. The number of thiazole rings is 1. The van der Waals surface area contributed by atoms with Crippen molar-refractivity contribution in [3.8, 4) is 0 Å². The average molecular weight is 439 g/mol. The van der Waals surface area contributed by atoms with E-state index in [0.29, 0.717) is 20.3 Å². The predicted octanol–water partition coefficient (Wildman–Crippen LogP) is 2.37. The number of benzene rings is 2. The number of ketones is 1. The van der Waals surface area contributed by atoms with Crippen molar-refractivity contribution in [2.75, 3.05) is 0 Å². The SMILES string of the molecule is Cc1ccccc1C(=O)/C=c1\s/c(=C/c2ccc(F)cc2)c(=O)n1CC(=O)NC(C)C. The average Bonchev–Trinajstić information content (AvgIpc) is 2.98. The molecule has 0 fully saturated rings. The Labute approximate surface area is 183 Å². The minimum absolute atomic E-state index is 0.0758. The molecule has 0 atom stereocenters. The van der Waals surface area contributed by atoms with E-state index >= 15 is 0 Å². The first kappa shape index (κ1) is 22.4. The van der Waals surface area contributed by atoms with E-state index in [1.807, 2.05) is 32.9 Å². The Hall–Kier alpha value is -3.32. The summed E-state index contributed by atoms with van der Waals surface area (Å²) in [6.07, 6.45) is 3.01. The van der Waals surface area contributed by atoms with Gasteiger partial charge in [0, 0.05) is 17.7 Å². The monoisotopic (exact) mass is 438 g/mol. The fourth-order valence-electron chi connectivity index (χ4n) is 3.05. The van der Waals surface area contributed by atoms with Gasteiger partial charge in [-0.3, -0.25) is 19.0 Å². The molecule has 7 heteroatoms. The minimum atomic E-state index is -0.378. The first-order valence-electron chi connectivity index (χ1n) is 9.82. The van der Waals surface area contributed by atoms with Gasteiger partial charge in [0.1, 0.15) is 17.0 Å². The molecule has 5 nitrogen and oxygen atoms in total. The Morgan fingerprint density at radius 3 is 2.45 bits per heavy atom. The van der Waals surface area contributed by atoms with E-state index in [4.69, 9.17) is 0 Å². The molecule has 1 amide bonds. The van der Waals surface area contributed by atoms with Gasteiger partial charge in [0.25, 0.3) is 5.56 Å². The summed E-state index contributed by atoms with van der Waals surface area (Å²) in [6, 6.07) is 12.9. The largest absolute Gasteiger partial charge is 0.352 e. The molecule has 2 aromatic carbocycles. The second-order valence-electron chi connectivity index (χ2n) is 7.44. The van der Waals surface area contributed by atoms with E-state index in [0.717, 1.165) is 16.9 Å². The Bertz CT molecular complexity index is 1290. The number of halogens is 1. The highest BCUT2D eigenvalue weighted by molar-refractivity contribution is 7.07. The van der Waals surface area contributed by atoms with Crippen LogP contribution in [0.2, 0.25) is 0 Å². The highest BCUT2D eigenvalue weighted by Crippen LogP contribution is 2.08. The van der Waals surface area contributed by atoms with E-state index in [9.17, 15) is 18.8 Å². The molecule has 0 bridgehead atoms. The number of aryl methyl sites for hydroxylation is 1. The molecule has 1 aromatic heterocycles. The number of rotatable bonds is 6. The fraction of sp³-hybridized carbons (Fsp3) is 0.208. The summed E-state index contributed by atoms with van der Waals surface area (Å²) < 4.78 is 15.2. The number of amides is 1. The van der Waals surface area contributed by atoms with Crippen molar-refractivity contribution in [2.45, 2.75) is 33.4 Å². The maximum atomic E-state index is 13.2. The summed E-state index contributed by atoms with van der Waals surface area (Å²) >= 11 is 1.12. The number of nitrogens with zero attached hydrogens (tertiary/aromatic N) is 1. The third kappa shape index (κ3) is 5.64. The second-order valence-corrected chi connectivity index (χ2v) is 8.50. The van der Waals surface area contributed by atoms with Gasteiger partial charge in [0.2, 0.25) is 5.91 Å². The molecule has 1 N–H and O–H groups in total. The van der Waals surface area contributed by atoms with Gasteiger partial charge in [0.05, 0.1) is 4.53 Å². The van der Waals surface area contributed by atoms with E-state index in [-0.39, 0.29) is 35.7 Å². The van der Waals surface area contributed by atoms with Crippen molar-refractivity contribution in [1.29, 1.82) is 0 Å². The van der Waals surface area contributed by atoms with Gasteiger partial charge in [-0.15, -0.1) is 11.3 Å². The summed E-state index contributed by atoms with van der Waals surface area (Å²) in [7, 11) is 0. The van der Waals surface area contributed by atoms with Crippen LogP contribution >= 0.6 is 11.3 Å². The van der Waals surface area contributed by atoms with E-state index in [2.05, 4.69) is 5.32 Å². The van der Waals surface area contributed by atoms with Crippen LogP contribution in [-0.2, 0) is 11.3 Å². The van der Waals surface area contributed by atoms with E-state index in [1.54, 1.807) is 30.3 Å². The molecule has 0 aliphatic heterocycles. The molecule has 160 valence electrons. The van der Waals surface area contributed by atoms with Crippen LogP contribution in [0.4, 0.5) is 4.39 Å². The van der Waals surface area contributed by atoms with Crippen LogP contribution in [-0.4, -0.2) is 22.3 Å². The molecule has 0 saturated carbocycles. The first-order chi connectivity index (χ1) is 14.7. The Morgan fingerprint density at radius 1 is 1.13 bits per heavy atom. The standard InChI is InChI=1S/C24H23FN2O3S/c1-15(2)26-22(29)14-27-23(13-20(28)19-7-5-4-6-16(19)3)31-21(24(27)30)12-17-8-10-18(25)11-9-17/h4-13,15H,14H2,1-3H3,(H,26,29)/b21-12+,23-13-. The zero-order valence-corrected chi connectivity index (χ0v) is 18.3.